The molecular weight excluding hydrogens is 326 g/mol. The van der Waals surface area contributed by atoms with Crippen LogP contribution in [0, 0.1) is 0 Å². The quantitative estimate of drug-likeness (QED) is 0.882. The summed E-state index contributed by atoms with van der Waals surface area (Å²) in [6.45, 7) is 3.88. The molecule has 1 aliphatic rings. The lowest BCUT2D eigenvalue weighted by atomic mass is 9.93. The molecule has 0 fully saturated rings. The molecule has 2 aromatic rings. The molecule has 0 saturated carbocycles. The first-order valence-electron chi connectivity index (χ1n) is 7.53. The van der Waals surface area contributed by atoms with Gasteiger partial charge in [0.2, 0.25) is 0 Å². The Labute approximate surface area is 134 Å². The zero-order chi connectivity index (χ0) is 14.7. The van der Waals surface area contributed by atoms with E-state index in [9.17, 15) is 0 Å². The van der Waals surface area contributed by atoms with E-state index in [1.54, 1.807) is 0 Å². The molecule has 3 rings (SSSR count). The number of rotatable bonds is 4. The first-order valence-corrected chi connectivity index (χ1v) is 8.32. The van der Waals surface area contributed by atoms with Crippen molar-refractivity contribution < 1.29 is 4.74 Å². The summed E-state index contributed by atoms with van der Waals surface area (Å²) in [7, 11) is 0. The van der Waals surface area contributed by atoms with Crippen LogP contribution in [0.15, 0.2) is 46.9 Å². The largest absolute Gasteiger partial charge is 0.493 e. The van der Waals surface area contributed by atoms with Crippen molar-refractivity contribution in [2.45, 2.75) is 25.8 Å². The lowest BCUT2D eigenvalue weighted by Gasteiger charge is -2.26. The summed E-state index contributed by atoms with van der Waals surface area (Å²) in [6, 6.07) is 15.2. The van der Waals surface area contributed by atoms with Gasteiger partial charge in [0.1, 0.15) is 5.75 Å². The number of nitrogens with one attached hydrogen (secondary N) is 1. The number of hydrogen-bond donors (Lipinski definition) is 1. The Balaban J connectivity index is 2.03. The summed E-state index contributed by atoms with van der Waals surface area (Å²) in [5.41, 5.74) is 3.85. The molecular formula is C18H20BrNO. The second kappa shape index (κ2) is 6.63. The van der Waals surface area contributed by atoms with Crippen molar-refractivity contribution in [3.8, 4) is 5.75 Å². The van der Waals surface area contributed by atoms with Crippen molar-refractivity contribution in [3.63, 3.8) is 0 Å². The highest BCUT2D eigenvalue weighted by atomic mass is 79.9. The predicted octanol–water partition coefficient (Wildman–Crippen LogP) is 4.47. The Morgan fingerprint density at radius 1 is 1.19 bits per heavy atom. The number of aryl methyl sites for hydroxylation is 1. The van der Waals surface area contributed by atoms with Crippen molar-refractivity contribution in [2.75, 3.05) is 13.2 Å². The maximum atomic E-state index is 5.98. The lowest BCUT2D eigenvalue weighted by Crippen LogP contribution is -2.24. The highest BCUT2D eigenvalue weighted by Crippen LogP contribution is 2.35. The minimum absolute atomic E-state index is 0.177. The van der Waals surface area contributed by atoms with Gasteiger partial charge >= 0.3 is 0 Å². The van der Waals surface area contributed by atoms with E-state index >= 15 is 0 Å². The second-order valence-corrected chi connectivity index (χ2v) is 6.25. The van der Waals surface area contributed by atoms with Crippen LogP contribution >= 0.6 is 15.9 Å². The fourth-order valence-corrected chi connectivity index (χ4v) is 3.17. The van der Waals surface area contributed by atoms with Crippen molar-refractivity contribution >= 4 is 15.9 Å². The van der Waals surface area contributed by atoms with E-state index in [2.05, 4.69) is 70.6 Å². The average Bonchev–Trinajstić information content (AvgIpc) is 2.53. The van der Waals surface area contributed by atoms with Crippen LogP contribution in [-0.2, 0) is 6.42 Å². The van der Waals surface area contributed by atoms with Crippen molar-refractivity contribution in [1.82, 2.24) is 5.32 Å². The molecule has 2 aromatic carbocycles. The number of halogens is 1. The third kappa shape index (κ3) is 3.14. The highest BCUT2D eigenvalue weighted by molar-refractivity contribution is 9.10. The van der Waals surface area contributed by atoms with Crippen LogP contribution in [0.3, 0.4) is 0 Å². The molecule has 0 aliphatic carbocycles. The normalized spacial score (nSPS) is 15.1. The van der Waals surface area contributed by atoms with Crippen molar-refractivity contribution in [2.24, 2.45) is 0 Å². The Hall–Kier alpha value is -1.32. The average molecular weight is 346 g/mol. The number of fused-ring (bicyclic) bond motifs is 1. The monoisotopic (exact) mass is 345 g/mol. The second-order valence-electron chi connectivity index (χ2n) is 5.33. The molecule has 1 atom stereocenters. The maximum absolute atomic E-state index is 5.98. The van der Waals surface area contributed by atoms with Crippen LogP contribution < -0.4 is 10.1 Å². The van der Waals surface area contributed by atoms with Gasteiger partial charge in [-0.3, -0.25) is 0 Å². The number of benzene rings is 2. The molecule has 1 unspecified atom stereocenters. The minimum atomic E-state index is 0.177. The van der Waals surface area contributed by atoms with Gasteiger partial charge in [-0.25, -0.2) is 0 Å². The summed E-state index contributed by atoms with van der Waals surface area (Å²) < 4.78 is 7.08. The predicted molar refractivity (Wildman–Crippen MR) is 89.9 cm³/mol. The van der Waals surface area contributed by atoms with Crippen LogP contribution in [0.1, 0.15) is 36.1 Å². The summed E-state index contributed by atoms with van der Waals surface area (Å²) in [5, 5.41) is 3.59. The Morgan fingerprint density at radius 3 is 2.76 bits per heavy atom. The number of para-hydroxylation sites is 1. The number of hydrogen-bond acceptors (Lipinski definition) is 2. The molecule has 0 radical (unpaired) electrons. The van der Waals surface area contributed by atoms with Crippen LogP contribution in [-0.4, -0.2) is 13.2 Å². The Bertz CT molecular complexity index is 609. The molecule has 0 spiro atoms. The third-order valence-electron chi connectivity index (χ3n) is 3.89. The van der Waals surface area contributed by atoms with E-state index in [-0.39, 0.29) is 6.04 Å². The van der Waals surface area contributed by atoms with E-state index in [0.717, 1.165) is 36.2 Å². The summed E-state index contributed by atoms with van der Waals surface area (Å²) in [4.78, 5) is 0. The number of ether oxygens (including phenoxy) is 1. The van der Waals surface area contributed by atoms with Crippen LogP contribution in [0.25, 0.3) is 0 Å². The van der Waals surface area contributed by atoms with E-state index in [0.29, 0.717) is 0 Å². The molecule has 2 nitrogen and oxygen atoms in total. The zero-order valence-electron chi connectivity index (χ0n) is 12.2. The molecule has 0 bridgehead atoms. The minimum Gasteiger partial charge on any atom is -0.493 e. The Kier molecular flexibility index (Phi) is 4.61. The van der Waals surface area contributed by atoms with Crippen LogP contribution in [0.4, 0.5) is 0 Å². The molecule has 0 saturated heterocycles. The molecule has 1 heterocycles. The molecule has 21 heavy (non-hydrogen) atoms. The smallest absolute Gasteiger partial charge is 0.127 e. The Morgan fingerprint density at radius 2 is 2.00 bits per heavy atom. The third-order valence-corrected chi connectivity index (χ3v) is 4.42. The van der Waals surface area contributed by atoms with Gasteiger partial charge in [-0.05, 0) is 42.6 Å². The van der Waals surface area contributed by atoms with Gasteiger partial charge in [0.05, 0.1) is 12.6 Å². The molecule has 1 aliphatic heterocycles. The molecule has 1 N–H and O–H groups in total. The van der Waals surface area contributed by atoms with Gasteiger partial charge in [-0.15, -0.1) is 0 Å². The standard InChI is InChI=1S/C18H20BrNO/c1-2-20-17(13-8-10-15(19)11-9-13)16-7-3-5-14-6-4-12-21-18(14)16/h3,5,7-11,17,20H,2,4,6,12H2,1H3. The lowest BCUT2D eigenvalue weighted by molar-refractivity contribution is 0.283. The van der Waals surface area contributed by atoms with Crippen molar-refractivity contribution in [3.05, 3.63) is 63.6 Å². The first-order chi connectivity index (χ1) is 10.3. The topological polar surface area (TPSA) is 21.3 Å². The van der Waals surface area contributed by atoms with Gasteiger partial charge in [0.25, 0.3) is 0 Å². The zero-order valence-corrected chi connectivity index (χ0v) is 13.8. The van der Waals surface area contributed by atoms with Gasteiger partial charge in [0.15, 0.2) is 0 Å². The maximum Gasteiger partial charge on any atom is 0.127 e. The van der Waals surface area contributed by atoms with Crippen LogP contribution in [0.2, 0.25) is 0 Å². The van der Waals surface area contributed by atoms with E-state index in [1.807, 2.05) is 0 Å². The fourth-order valence-electron chi connectivity index (χ4n) is 2.91. The highest BCUT2D eigenvalue weighted by Gasteiger charge is 2.21. The molecule has 0 amide bonds. The molecule has 0 aromatic heterocycles. The SMILES string of the molecule is CCNC(c1ccc(Br)cc1)c1cccc2c1OCCC2. The van der Waals surface area contributed by atoms with E-state index in [1.165, 1.54) is 16.7 Å². The first kappa shape index (κ1) is 14.6. The van der Waals surface area contributed by atoms with E-state index < -0.39 is 0 Å². The van der Waals surface area contributed by atoms with Gasteiger partial charge in [0, 0.05) is 10.0 Å². The summed E-state index contributed by atoms with van der Waals surface area (Å²) >= 11 is 3.50. The van der Waals surface area contributed by atoms with Crippen LogP contribution in [0.5, 0.6) is 5.75 Å². The van der Waals surface area contributed by atoms with Crippen molar-refractivity contribution in [1.29, 1.82) is 0 Å². The summed E-state index contributed by atoms with van der Waals surface area (Å²) in [6.07, 6.45) is 2.23. The molecule has 110 valence electrons. The van der Waals surface area contributed by atoms with E-state index in [4.69, 9.17) is 4.74 Å². The van der Waals surface area contributed by atoms with Gasteiger partial charge < -0.3 is 10.1 Å². The summed E-state index contributed by atoms with van der Waals surface area (Å²) in [5.74, 6) is 1.08. The van der Waals surface area contributed by atoms with Gasteiger partial charge in [-0.1, -0.05) is 53.2 Å². The van der Waals surface area contributed by atoms with Gasteiger partial charge in [-0.2, -0.15) is 0 Å². The fraction of sp³-hybridized carbons (Fsp3) is 0.333. The molecule has 3 heteroatoms.